The lowest BCUT2D eigenvalue weighted by atomic mass is 10.2. The van der Waals surface area contributed by atoms with Gasteiger partial charge in [0.25, 0.3) is 5.91 Å². The lowest BCUT2D eigenvalue weighted by Crippen LogP contribution is -3.14. The Balaban J connectivity index is 1.65. The Kier molecular flexibility index (Phi) is 6.72. The van der Waals surface area contributed by atoms with Gasteiger partial charge in [-0.2, -0.15) is 0 Å². The van der Waals surface area contributed by atoms with E-state index in [9.17, 15) is 4.79 Å². The molecule has 5 nitrogen and oxygen atoms in total. The fourth-order valence-corrected chi connectivity index (χ4v) is 3.44. The summed E-state index contributed by atoms with van der Waals surface area (Å²) in [6.45, 7) is 6.23. The first-order valence-corrected chi connectivity index (χ1v) is 9.57. The number of amides is 1. The Morgan fingerprint density at radius 1 is 1.23 bits per heavy atom. The van der Waals surface area contributed by atoms with Gasteiger partial charge in [0.1, 0.15) is 13.1 Å². The van der Waals surface area contributed by atoms with E-state index in [-0.39, 0.29) is 5.91 Å². The number of halogens is 1. The van der Waals surface area contributed by atoms with Gasteiger partial charge in [0.15, 0.2) is 0 Å². The molecule has 2 aromatic rings. The van der Waals surface area contributed by atoms with Crippen molar-refractivity contribution in [2.75, 3.05) is 39.4 Å². The topological polar surface area (TPSA) is 38.9 Å². The van der Waals surface area contributed by atoms with Crippen molar-refractivity contribution in [3.8, 4) is 0 Å². The standard InChI is InChI=1S/C20H26ClN3O2/c1-22-9-2-4-19(22)16-24(11-3-10-23-12-14-26-15-13-23)20(25)17-5-7-18(21)8-6-17/h2,4-9H,3,10-16H2,1H3/p+1. The number of hydrogen-bond acceptors (Lipinski definition) is 2. The van der Waals surface area contributed by atoms with Crippen molar-refractivity contribution >= 4 is 17.5 Å². The second-order valence-electron chi connectivity index (χ2n) is 6.81. The zero-order valence-corrected chi connectivity index (χ0v) is 16.0. The van der Waals surface area contributed by atoms with Crippen LogP contribution in [0, 0.1) is 0 Å². The first kappa shape index (κ1) is 19.0. The first-order valence-electron chi connectivity index (χ1n) is 9.20. The number of rotatable bonds is 7. The largest absolute Gasteiger partial charge is 0.370 e. The summed E-state index contributed by atoms with van der Waals surface area (Å²) >= 11 is 5.96. The average Bonchev–Trinajstić information content (AvgIpc) is 3.06. The van der Waals surface area contributed by atoms with Crippen molar-refractivity contribution in [1.29, 1.82) is 0 Å². The lowest BCUT2D eigenvalue weighted by molar-refractivity contribution is -0.908. The fraction of sp³-hybridized carbons (Fsp3) is 0.450. The van der Waals surface area contributed by atoms with Gasteiger partial charge >= 0.3 is 0 Å². The van der Waals surface area contributed by atoms with Crippen LogP contribution in [0.1, 0.15) is 22.5 Å². The Morgan fingerprint density at radius 3 is 2.62 bits per heavy atom. The van der Waals surface area contributed by atoms with Crippen molar-refractivity contribution in [1.82, 2.24) is 9.47 Å². The van der Waals surface area contributed by atoms with Crippen LogP contribution in [-0.4, -0.2) is 54.8 Å². The van der Waals surface area contributed by atoms with Gasteiger partial charge in [0.05, 0.1) is 26.3 Å². The van der Waals surface area contributed by atoms with Crippen molar-refractivity contribution < 1.29 is 14.4 Å². The van der Waals surface area contributed by atoms with Gasteiger partial charge in [-0.25, -0.2) is 0 Å². The molecular weight excluding hydrogens is 350 g/mol. The molecule has 1 aliphatic heterocycles. The van der Waals surface area contributed by atoms with Crippen LogP contribution >= 0.6 is 11.6 Å². The van der Waals surface area contributed by atoms with Crippen molar-refractivity contribution in [2.45, 2.75) is 13.0 Å². The maximum atomic E-state index is 13.0. The van der Waals surface area contributed by atoms with Crippen LogP contribution < -0.4 is 4.90 Å². The third-order valence-electron chi connectivity index (χ3n) is 4.94. The van der Waals surface area contributed by atoms with Crippen LogP contribution in [-0.2, 0) is 18.3 Å². The maximum Gasteiger partial charge on any atom is 0.254 e. The van der Waals surface area contributed by atoms with Crippen LogP contribution in [0.4, 0.5) is 0 Å². The molecule has 0 bridgehead atoms. The number of nitrogens with zero attached hydrogens (tertiary/aromatic N) is 2. The van der Waals surface area contributed by atoms with Crippen LogP contribution in [0.3, 0.4) is 0 Å². The number of aromatic nitrogens is 1. The summed E-state index contributed by atoms with van der Waals surface area (Å²) in [5.74, 6) is 0.0554. The molecule has 6 heteroatoms. The van der Waals surface area contributed by atoms with Gasteiger partial charge in [0, 0.05) is 42.5 Å². The Labute approximate surface area is 160 Å². The molecule has 3 rings (SSSR count). The Bertz CT molecular complexity index is 708. The molecule has 1 N–H and O–H groups in total. The summed E-state index contributed by atoms with van der Waals surface area (Å²) in [6.07, 6.45) is 3.00. The zero-order valence-electron chi connectivity index (χ0n) is 15.3. The average molecular weight is 377 g/mol. The summed E-state index contributed by atoms with van der Waals surface area (Å²) in [6, 6.07) is 11.2. The van der Waals surface area contributed by atoms with Gasteiger partial charge in [-0.15, -0.1) is 0 Å². The normalized spacial score (nSPS) is 15.2. The summed E-state index contributed by atoms with van der Waals surface area (Å²) in [5.41, 5.74) is 1.81. The highest BCUT2D eigenvalue weighted by Crippen LogP contribution is 2.14. The van der Waals surface area contributed by atoms with Gasteiger partial charge in [-0.3, -0.25) is 4.79 Å². The van der Waals surface area contributed by atoms with E-state index in [0.29, 0.717) is 17.1 Å². The highest BCUT2D eigenvalue weighted by molar-refractivity contribution is 6.30. The predicted octanol–water partition coefficient (Wildman–Crippen LogP) is 1.63. The van der Waals surface area contributed by atoms with E-state index < -0.39 is 0 Å². The molecule has 0 atom stereocenters. The van der Waals surface area contributed by atoms with E-state index in [1.807, 2.05) is 24.2 Å². The third-order valence-corrected chi connectivity index (χ3v) is 5.19. The molecule has 1 aliphatic rings. The maximum absolute atomic E-state index is 13.0. The van der Waals surface area contributed by atoms with E-state index in [0.717, 1.165) is 51.5 Å². The summed E-state index contributed by atoms with van der Waals surface area (Å²) in [7, 11) is 2.01. The molecule has 0 saturated carbocycles. The minimum absolute atomic E-state index is 0.0554. The second kappa shape index (κ2) is 9.21. The summed E-state index contributed by atoms with van der Waals surface area (Å²) in [5, 5.41) is 0.645. The van der Waals surface area contributed by atoms with E-state index in [2.05, 4.69) is 10.6 Å². The minimum atomic E-state index is 0.0554. The van der Waals surface area contributed by atoms with E-state index >= 15 is 0 Å². The fourth-order valence-electron chi connectivity index (χ4n) is 3.31. The number of ether oxygens (including phenoxy) is 1. The highest BCUT2D eigenvalue weighted by Gasteiger charge is 2.19. The van der Waals surface area contributed by atoms with Crippen LogP contribution in [0.5, 0.6) is 0 Å². The number of morpholine rings is 1. The number of aryl methyl sites for hydroxylation is 1. The molecule has 1 amide bonds. The van der Waals surface area contributed by atoms with E-state index in [4.69, 9.17) is 16.3 Å². The lowest BCUT2D eigenvalue weighted by Gasteiger charge is -2.26. The van der Waals surface area contributed by atoms with Crippen molar-refractivity contribution in [2.24, 2.45) is 7.05 Å². The quantitative estimate of drug-likeness (QED) is 0.797. The summed E-state index contributed by atoms with van der Waals surface area (Å²) in [4.78, 5) is 16.5. The molecule has 26 heavy (non-hydrogen) atoms. The molecular formula is C20H27ClN3O2+. The molecule has 2 heterocycles. The number of nitrogens with one attached hydrogen (secondary N) is 1. The number of carbonyl (C=O) groups excluding carboxylic acids is 1. The SMILES string of the molecule is Cn1cccc1CN(CCC[NH+]1CCOCC1)C(=O)c1ccc(Cl)cc1. The number of benzene rings is 1. The molecule has 1 saturated heterocycles. The third kappa shape index (κ3) is 5.10. The molecule has 0 radical (unpaired) electrons. The van der Waals surface area contributed by atoms with Crippen LogP contribution in [0.2, 0.25) is 5.02 Å². The number of carbonyl (C=O) groups is 1. The van der Waals surface area contributed by atoms with Crippen molar-refractivity contribution in [3.05, 3.63) is 58.9 Å². The van der Waals surface area contributed by atoms with Crippen molar-refractivity contribution in [3.63, 3.8) is 0 Å². The van der Waals surface area contributed by atoms with E-state index in [1.165, 1.54) is 0 Å². The minimum Gasteiger partial charge on any atom is -0.370 e. The summed E-state index contributed by atoms with van der Waals surface area (Å²) < 4.78 is 7.48. The van der Waals surface area contributed by atoms with Gasteiger partial charge in [0.2, 0.25) is 0 Å². The molecule has 0 spiro atoms. The molecule has 1 fully saturated rings. The van der Waals surface area contributed by atoms with Crippen LogP contribution in [0.15, 0.2) is 42.6 Å². The Morgan fingerprint density at radius 2 is 1.96 bits per heavy atom. The Hall–Kier alpha value is -1.82. The monoisotopic (exact) mass is 376 g/mol. The highest BCUT2D eigenvalue weighted by atomic mass is 35.5. The first-order chi connectivity index (χ1) is 12.6. The predicted molar refractivity (Wildman–Crippen MR) is 103 cm³/mol. The van der Waals surface area contributed by atoms with E-state index in [1.54, 1.807) is 29.2 Å². The molecule has 1 aromatic carbocycles. The molecule has 0 unspecified atom stereocenters. The zero-order chi connectivity index (χ0) is 18.4. The smallest absolute Gasteiger partial charge is 0.254 e. The molecule has 140 valence electrons. The van der Waals surface area contributed by atoms with Gasteiger partial charge < -0.3 is 19.1 Å². The molecule has 1 aromatic heterocycles. The second-order valence-corrected chi connectivity index (χ2v) is 7.25. The number of quaternary nitrogens is 1. The van der Waals surface area contributed by atoms with Crippen LogP contribution in [0.25, 0.3) is 0 Å². The molecule has 0 aliphatic carbocycles. The van der Waals surface area contributed by atoms with Gasteiger partial charge in [-0.1, -0.05) is 11.6 Å². The number of hydrogen-bond donors (Lipinski definition) is 1. The van der Waals surface area contributed by atoms with Gasteiger partial charge in [-0.05, 0) is 36.4 Å².